The molecule has 1 atom stereocenters. The minimum Gasteiger partial charge on any atom is -0.463 e. The van der Waals surface area contributed by atoms with Gasteiger partial charge in [0.1, 0.15) is 6.61 Å². The highest BCUT2D eigenvalue weighted by molar-refractivity contribution is 5.81. The van der Waals surface area contributed by atoms with E-state index in [1.165, 1.54) is 31.9 Å². The first-order valence-corrected chi connectivity index (χ1v) is 11.9. The Morgan fingerprint density at radius 2 is 1.25 bits per heavy atom. The zero-order chi connectivity index (χ0) is 28.6. The molecule has 0 rings (SSSR count). The largest absolute Gasteiger partial charge is 0.463 e. The van der Waals surface area contributed by atoms with Gasteiger partial charge in [0.05, 0.1) is 26.1 Å². The topological polar surface area (TPSA) is 125 Å². The predicted molar refractivity (Wildman–Crippen MR) is 141 cm³/mol. The van der Waals surface area contributed by atoms with Crippen molar-refractivity contribution in [2.24, 2.45) is 5.92 Å². The maximum absolute atomic E-state index is 10.8. The molecule has 0 saturated heterocycles. The Kier molecular flexibility index (Phi) is 37.7. The van der Waals surface area contributed by atoms with Crippen LogP contribution in [-0.4, -0.2) is 55.4 Å². The second kappa shape index (κ2) is 34.0. The van der Waals surface area contributed by atoms with Gasteiger partial charge in [0.25, 0.3) is 0 Å². The third-order valence-electron chi connectivity index (χ3n) is 3.83. The van der Waals surface area contributed by atoms with Crippen molar-refractivity contribution >= 4 is 23.9 Å². The summed E-state index contributed by atoms with van der Waals surface area (Å²) in [4.78, 5) is 41.0. The Morgan fingerprint density at radius 1 is 0.778 bits per heavy atom. The summed E-state index contributed by atoms with van der Waals surface area (Å²) >= 11 is 0. The Morgan fingerprint density at radius 3 is 1.58 bits per heavy atom. The fraction of sp³-hybridized carbons (Fsp3) is 0.556. The molecule has 1 N–H and O–H groups in total. The van der Waals surface area contributed by atoms with Crippen LogP contribution in [0.25, 0.3) is 0 Å². The third-order valence-corrected chi connectivity index (χ3v) is 3.83. The van der Waals surface area contributed by atoms with Crippen molar-refractivity contribution in [3.63, 3.8) is 0 Å². The van der Waals surface area contributed by atoms with Crippen molar-refractivity contribution in [1.29, 1.82) is 0 Å². The molecule has 0 bridgehead atoms. The van der Waals surface area contributed by atoms with E-state index in [1.807, 2.05) is 6.92 Å². The van der Waals surface area contributed by atoms with Crippen LogP contribution >= 0.6 is 0 Å². The maximum atomic E-state index is 10.8. The molecule has 1 unspecified atom stereocenters. The zero-order valence-electron chi connectivity index (χ0n) is 22.5. The molecule has 0 heterocycles. The van der Waals surface area contributed by atoms with Gasteiger partial charge in [-0.1, -0.05) is 72.8 Å². The summed E-state index contributed by atoms with van der Waals surface area (Å²) in [5.41, 5.74) is 0. The summed E-state index contributed by atoms with van der Waals surface area (Å²) in [7, 11) is 0. The minimum absolute atomic E-state index is 0.0465. The van der Waals surface area contributed by atoms with Crippen LogP contribution in [0.1, 0.15) is 66.2 Å². The number of aliphatic hydroxyl groups excluding tert-OH is 1. The monoisotopic (exact) mass is 514 g/mol. The molecule has 208 valence electrons. The number of hydrogen-bond acceptors (Lipinski definition) is 9. The highest BCUT2D eigenvalue weighted by atomic mass is 16.5. The van der Waals surface area contributed by atoms with E-state index < -0.39 is 5.97 Å². The van der Waals surface area contributed by atoms with Crippen LogP contribution in [-0.2, 0) is 38.1 Å². The van der Waals surface area contributed by atoms with Crippen molar-refractivity contribution in [3.05, 3.63) is 50.8 Å². The SMILES string of the molecule is C=CC(=O)OCC(CC)CCCC.C=CC(=O)OCCCC.C=CC(=O)OCCO.C=COC(C)=O. The van der Waals surface area contributed by atoms with Gasteiger partial charge in [-0.3, -0.25) is 4.79 Å². The van der Waals surface area contributed by atoms with Crippen molar-refractivity contribution in [1.82, 2.24) is 0 Å². The molecule has 0 aromatic carbocycles. The highest BCUT2D eigenvalue weighted by Gasteiger charge is 2.07. The second-order valence-corrected chi connectivity index (χ2v) is 6.85. The average molecular weight is 515 g/mol. The lowest BCUT2D eigenvalue weighted by Crippen LogP contribution is -2.12. The van der Waals surface area contributed by atoms with E-state index in [0.29, 0.717) is 19.1 Å². The van der Waals surface area contributed by atoms with Crippen molar-refractivity contribution < 1.29 is 43.2 Å². The zero-order valence-corrected chi connectivity index (χ0v) is 22.5. The Balaban J connectivity index is -0.000000198. The van der Waals surface area contributed by atoms with E-state index >= 15 is 0 Å². The van der Waals surface area contributed by atoms with Crippen LogP contribution < -0.4 is 0 Å². The second-order valence-electron chi connectivity index (χ2n) is 6.85. The van der Waals surface area contributed by atoms with Gasteiger partial charge in [-0.25, -0.2) is 14.4 Å². The van der Waals surface area contributed by atoms with Crippen LogP contribution in [0.2, 0.25) is 0 Å². The molecule has 0 amide bonds. The smallest absolute Gasteiger partial charge is 0.330 e. The van der Waals surface area contributed by atoms with E-state index in [1.54, 1.807) is 0 Å². The first-order chi connectivity index (χ1) is 17.1. The van der Waals surface area contributed by atoms with Crippen LogP contribution in [0, 0.1) is 5.92 Å². The van der Waals surface area contributed by atoms with E-state index in [-0.39, 0.29) is 31.1 Å². The number of esters is 4. The van der Waals surface area contributed by atoms with Gasteiger partial charge in [-0.2, -0.15) is 0 Å². The number of hydrogen-bond donors (Lipinski definition) is 1. The van der Waals surface area contributed by atoms with Crippen molar-refractivity contribution in [3.8, 4) is 0 Å². The number of rotatable bonds is 15. The minimum atomic E-state index is -0.501. The molecule has 0 aliphatic heterocycles. The molecule has 0 saturated carbocycles. The molecular formula is C27H46O9. The lowest BCUT2D eigenvalue weighted by molar-refractivity contribution is -0.139. The van der Waals surface area contributed by atoms with Crippen LogP contribution in [0.15, 0.2) is 50.8 Å². The lowest BCUT2D eigenvalue weighted by Gasteiger charge is -2.13. The molecule has 9 heteroatoms. The third kappa shape index (κ3) is 41.1. The summed E-state index contributed by atoms with van der Waals surface area (Å²) in [5, 5.41) is 8.10. The number of ether oxygens (including phenoxy) is 4. The fourth-order valence-electron chi connectivity index (χ4n) is 1.86. The van der Waals surface area contributed by atoms with E-state index in [2.05, 4.69) is 54.4 Å². The first-order valence-electron chi connectivity index (χ1n) is 11.9. The van der Waals surface area contributed by atoms with Crippen LogP contribution in [0.4, 0.5) is 0 Å². The number of aliphatic hydroxyl groups is 1. The first kappa shape index (κ1) is 40.0. The highest BCUT2D eigenvalue weighted by Crippen LogP contribution is 2.12. The molecule has 0 aromatic rings. The number of carbonyl (C=O) groups excluding carboxylic acids is 4. The standard InChI is InChI=1S/C11H20O2.C7H12O2.C5H8O3.C4H6O2/c1-4-7-8-10(5-2)9-13-11(12)6-3;1-3-5-6-9-7(8)4-2;1-2-5(7)8-4-3-6;1-3-6-4(2)5/h6,10H,3-5,7-9H2,1-2H3;4H,2-3,5-6H2,1H3;2,6H,1,3-4H2;3H,1H2,2H3. The van der Waals surface area contributed by atoms with Gasteiger partial charge in [0, 0.05) is 25.2 Å². The number of unbranched alkanes of at least 4 members (excludes halogenated alkanes) is 2. The van der Waals surface area contributed by atoms with Gasteiger partial charge in [0.15, 0.2) is 0 Å². The Bertz CT molecular complexity index is 612. The molecule has 0 fully saturated rings. The quantitative estimate of drug-likeness (QED) is 0.107. The van der Waals surface area contributed by atoms with Crippen LogP contribution in [0.5, 0.6) is 0 Å². The fourth-order valence-corrected chi connectivity index (χ4v) is 1.86. The van der Waals surface area contributed by atoms with Crippen molar-refractivity contribution in [2.75, 3.05) is 26.4 Å². The average Bonchev–Trinajstić information content (AvgIpc) is 2.88. The molecule has 0 aliphatic carbocycles. The van der Waals surface area contributed by atoms with Crippen LogP contribution in [0.3, 0.4) is 0 Å². The van der Waals surface area contributed by atoms with Gasteiger partial charge in [-0.15, -0.1) is 0 Å². The van der Waals surface area contributed by atoms with Gasteiger partial charge in [-0.05, 0) is 18.8 Å². The van der Waals surface area contributed by atoms with E-state index in [0.717, 1.165) is 38.0 Å². The molecule has 9 nitrogen and oxygen atoms in total. The van der Waals surface area contributed by atoms with E-state index in [9.17, 15) is 19.2 Å². The van der Waals surface area contributed by atoms with E-state index in [4.69, 9.17) is 9.84 Å². The molecule has 0 aliphatic rings. The molecule has 0 radical (unpaired) electrons. The maximum Gasteiger partial charge on any atom is 0.330 e. The lowest BCUT2D eigenvalue weighted by atomic mass is 10.0. The normalized spacial score (nSPS) is 9.47. The molecule has 0 aromatic heterocycles. The Labute approximate surface area is 216 Å². The summed E-state index contributed by atoms with van der Waals surface area (Å²) in [6.45, 7) is 21.6. The summed E-state index contributed by atoms with van der Waals surface area (Å²) in [6.07, 6.45) is 11.2. The Hall–Kier alpha value is -3.20. The molecule has 36 heavy (non-hydrogen) atoms. The summed E-state index contributed by atoms with van der Waals surface area (Å²) < 4.78 is 18.2. The van der Waals surface area contributed by atoms with Crippen molar-refractivity contribution in [2.45, 2.75) is 66.2 Å². The van der Waals surface area contributed by atoms with Gasteiger partial charge in [0.2, 0.25) is 0 Å². The summed E-state index contributed by atoms with van der Waals surface area (Å²) in [5.74, 6) is -0.953. The summed E-state index contributed by atoms with van der Waals surface area (Å²) in [6, 6.07) is 0. The molecular weight excluding hydrogens is 468 g/mol. The molecule has 0 spiro atoms. The van der Waals surface area contributed by atoms with Gasteiger partial charge < -0.3 is 24.1 Å². The predicted octanol–water partition coefficient (Wildman–Crippen LogP) is 4.85. The number of carbonyl (C=O) groups is 4. The van der Waals surface area contributed by atoms with Gasteiger partial charge >= 0.3 is 23.9 Å².